The minimum Gasteiger partial charge on any atom is -0.494 e. The van der Waals surface area contributed by atoms with Crippen molar-refractivity contribution >= 4 is 23.3 Å². The molecule has 2 heterocycles. The summed E-state index contributed by atoms with van der Waals surface area (Å²) < 4.78 is 5.72. The van der Waals surface area contributed by atoms with Crippen molar-refractivity contribution in [2.24, 2.45) is 0 Å². The molecule has 6 heteroatoms. The number of piperidine rings is 1. The molecule has 27 heavy (non-hydrogen) atoms. The summed E-state index contributed by atoms with van der Waals surface area (Å²) >= 11 is 0. The van der Waals surface area contributed by atoms with Gasteiger partial charge in [-0.05, 0) is 30.7 Å². The van der Waals surface area contributed by atoms with Crippen LogP contribution in [0.25, 0.3) is 0 Å². The number of imide groups is 1. The Bertz CT molecular complexity index is 676. The summed E-state index contributed by atoms with van der Waals surface area (Å²) in [6.07, 6.45) is 5.70. The number of Topliss-reactive ketones (excluding diaryl/α,β-unsaturated/α-hetero) is 1. The van der Waals surface area contributed by atoms with E-state index in [0.29, 0.717) is 38.2 Å². The molecule has 0 bridgehead atoms. The first-order valence-corrected chi connectivity index (χ1v) is 9.95. The van der Waals surface area contributed by atoms with E-state index in [-0.39, 0.29) is 24.0 Å². The molecule has 2 amide bonds. The van der Waals surface area contributed by atoms with Gasteiger partial charge in [0.2, 0.25) is 5.91 Å². The number of unbranched alkanes of at least 4 members (excludes halogenated alkanes) is 3. The van der Waals surface area contributed by atoms with Gasteiger partial charge in [0, 0.05) is 25.9 Å². The van der Waals surface area contributed by atoms with Gasteiger partial charge < -0.3 is 4.74 Å². The van der Waals surface area contributed by atoms with E-state index in [1.165, 1.54) is 17.7 Å². The van der Waals surface area contributed by atoms with Gasteiger partial charge in [-0.1, -0.05) is 26.2 Å². The summed E-state index contributed by atoms with van der Waals surface area (Å²) in [6.45, 7) is 3.97. The van der Waals surface area contributed by atoms with E-state index in [1.807, 2.05) is 17.0 Å². The molecule has 1 atom stereocenters. The average Bonchev–Trinajstić information content (AvgIpc) is 2.97. The first-order chi connectivity index (χ1) is 13.1. The fraction of sp³-hybridized carbons (Fsp3) is 0.571. The van der Waals surface area contributed by atoms with Crippen LogP contribution >= 0.6 is 0 Å². The average molecular weight is 372 g/mol. The lowest BCUT2D eigenvalue weighted by molar-refractivity contribution is -0.127. The Hall–Kier alpha value is -2.21. The van der Waals surface area contributed by atoms with Crippen LogP contribution in [0.5, 0.6) is 5.75 Å². The van der Waals surface area contributed by atoms with E-state index < -0.39 is 6.04 Å². The predicted molar refractivity (Wildman–Crippen MR) is 103 cm³/mol. The van der Waals surface area contributed by atoms with Crippen molar-refractivity contribution in [1.82, 2.24) is 4.90 Å². The molecule has 2 saturated heterocycles. The van der Waals surface area contributed by atoms with Gasteiger partial charge >= 0.3 is 0 Å². The maximum absolute atomic E-state index is 12.8. The SMILES string of the molecule is CCCCCCOc1ccc(N2C(=O)C[C@@H](N3CCC(=O)CC3)C2=O)cc1. The molecule has 3 rings (SSSR count). The molecule has 0 spiro atoms. The Morgan fingerprint density at radius 1 is 1.00 bits per heavy atom. The van der Waals surface area contributed by atoms with Crippen molar-refractivity contribution in [3.8, 4) is 5.75 Å². The van der Waals surface area contributed by atoms with Crippen LogP contribution in [0.4, 0.5) is 5.69 Å². The van der Waals surface area contributed by atoms with Gasteiger partial charge in [0.05, 0.1) is 24.8 Å². The van der Waals surface area contributed by atoms with E-state index in [4.69, 9.17) is 4.74 Å². The molecule has 2 aliphatic rings. The third kappa shape index (κ3) is 4.75. The minimum absolute atomic E-state index is 0.183. The highest BCUT2D eigenvalue weighted by atomic mass is 16.5. The Balaban J connectivity index is 1.58. The third-order valence-corrected chi connectivity index (χ3v) is 5.28. The highest BCUT2D eigenvalue weighted by molar-refractivity contribution is 6.22. The van der Waals surface area contributed by atoms with Crippen LogP contribution in [-0.4, -0.2) is 48.2 Å². The molecular weight excluding hydrogens is 344 g/mol. The summed E-state index contributed by atoms with van der Waals surface area (Å²) in [5.74, 6) is 0.600. The zero-order valence-electron chi connectivity index (χ0n) is 16.0. The lowest BCUT2D eigenvalue weighted by Crippen LogP contribution is -2.46. The van der Waals surface area contributed by atoms with Gasteiger partial charge in [0.25, 0.3) is 5.91 Å². The molecule has 1 aromatic carbocycles. The summed E-state index contributed by atoms with van der Waals surface area (Å²) in [5, 5.41) is 0. The summed E-state index contributed by atoms with van der Waals surface area (Å²) in [4.78, 5) is 39.9. The van der Waals surface area contributed by atoms with E-state index in [1.54, 1.807) is 12.1 Å². The fourth-order valence-electron chi connectivity index (χ4n) is 3.67. The molecular formula is C21H28N2O4. The molecule has 146 valence electrons. The number of anilines is 1. The Morgan fingerprint density at radius 2 is 1.70 bits per heavy atom. The maximum Gasteiger partial charge on any atom is 0.251 e. The summed E-state index contributed by atoms with van der Waals surface area (Å²) in [6, 6.07) is 6.70. The molecule has 2 aliphatic heterocycles. The van der Waals surface area contributed by atoms with E-state index in [9.17, 15) is 14.4 Å². The van der Waals surface area contributed by atoms with Gasteiger partial charge in [0.15, 0.2) is 0 Å². The molecule has 0 radical (unpaired) electrons. The monoisotopic (exact) mass is 372 g/mol. The number of benzene rings is 1. The van der Waals surface area contributed by atoms with Crippen molar-refractivity contribution in [2.45, 2.75) is 57.9 Å². The molecule has 1 aromatic rings. The third-order valence-electron chi connectivity index (χ3n) is 5.28. The normalized spacial score (nSPS) is 21.1. The molecule has 0 aliphatic carbocycles. The maximum atomic E-state index is 12.8. The van der Waals surface area contributed by atoms with Crippen molar-refractivity contribution in [3.05, 3.63) is 24.3 Å². The number of likely N-dealkylation sites (tertiary alicyclic amines) is 1. The number of ketones is 1. The van der Waals surface area contributed by atoms with Crippen molar-refractivity contribution < 1.29 is 19.1 Å². The van der Waals surface area contributed by atoms with Crippen molar-refractivity contribution in [2.75, 3.05) is 24.6 Å². The number of carbonyl (C=O) groups is 3. The van der Waals surface area contributed by atoms with Gasteiger partial charge in [-0.15, -0.1) is 0 Å². The van der Waals surface area contributed by atoms with Crippen molar-refractivity contribution in [3.63, 3.8) is 0 Å². The number of carbonyl (C=O) groups excluding carboxylic acids is 3. The number of hydrogen-bond donors (Lipinski definition) is 0. The Kier molecular flexibility index (Phi) is 6.61. The Morgan fingerprint density at radius 3 is 2.37 bits per heavy atom. The molecule has 0 N–H and O–H groups in total. The van der Waals surface area contributed by atoms with Crippen LogP contribution in [-0.2, 0) is 14.4 Å². The molecule has 0 saturated carbocycles. The molecule has 0 unspecified atom stereocenters. The zero-order valence-corrected chi connectivity index (χ0v) is 16.0. The first-order valence-electron chi connectivity index (χ1n) is 9.95. The van der Waals surface area contributed by atoms with E-state index in [0.717, 1.165) is 18.6 Å². The second kappa shape index (κ2) is 9.13. The number of hydrogen-bond acceptors (Lipinski definition) is 5. The lowest BCUT2D eigenvalue weighted by atomic mass is 10.1. The smallest absolute Gasteiger partial charge is 0.251 e. The van der Waals surface area contributed by atoms with Gasteiger partial charge in [-0.2, -0.15) is 0 Å². The first kappa shape index (κ1) is 19.5. The number of nitrogens with zero attached hydrogens (tertiary/aromatic N) is 2. The lowest BCUT2D eigenvalue weighted by Gasteiger charge is -2.29. The predicted octanol–water partition coefficient (Wildman–Crippen LogP) is 2.94. The van der Waals surface area contributed by atoms with Crippen LogP contribution in [0, 0.1) is 0 Å². The van der Waals surface area contributed by atoms with Crippen molar-refractivity contribution in [1.29, 1.82) is 0 Å². The van der Waals surface area contributed by atoms with E-state index >= 15 is 0 Å². The molecule has 0 aromatic heterocycles. The van der Waals surface area contributed by atoms with Crippen LogP contribution < -0.4 is 9.64 Å². The second-order valence-corrected chi connectivity index (χ2v) is 7.26. The second-order valence-electron chi connectivity index (χ2n) is 7.26. The van der Waals surface area contributed by atoms with E-state index in [2.05, 4.69) is 6.92 Å². The minimum atomic E-state index is -0.444. The highest BCUT2D eigenvalue weighted by Gasteiger charge is 2.43. The zero-order chi connectivity index (χ0) is 19.2. The number of amides is 2. The van der Waals surface area contributed by atoms with Crippen LogP contribution in [0.15, 0.2) is 24.3 Å². The topological polar surface area (TPSA) is 66.9 Å². The summed E-state index contributed by atoms with van der Waals surface area (Å²) in [5.41, 5.74) is 0.582. The number of ether oxygens (including phenoxy) is 1. The van der Waals surface area contributed by atoms with Crippen LogP contribution in [0.3, 0.4) is 0 Å². The van der Waals surface area contributed by atoms with Crippen LogP contribution in [0.1, 0.15) is 51.9 Å². The largest absolute Gasteiger partial charge is 0.494 e. The summed E-state index contributed by atoms with van der Waals surface area (Å²) in [7, 11) is 0. The number of rotatable bonds is 8. The highest BCUT2D eigenvalue weighted by Crippen LogP contribution is 2.28. The van der Waals surface area contributed by atoms with Crippen LogP contribution in [0.2, 0.25) is 0 Å². The van der Waals surface area contributed by atoms with Gasteiger partial charge in [-0.3, -0.25) is 19.3 Å². The molecule has 2 fully saturated rings. The van der Waals surface area contributed by atoms with Gasteiger partial charge in [0.1, 0.15) is 11.5 Å². The standard InChI is InChI=1S/C21H28N2O4/c1-2-3-4-5-14-27-18-8-6-16(7-9-18)23-20(25)15-19(21(23)26)22-12-10-17(24)11-13-22/h6-9,19H,2-5,10-15H2,1H3/t19-/m1/s1. The quantitative estimate of drug-likeness (QED) is 0.518. The molecule has 6 nitrogen and oxygen atoms in total. The van der Waals surface area contributed by atoms with Gasteiger partial charge in [-0.25, -0.2) is 4.90 Å². The Labute approximate surface area is 160 Å². The fourth-order valence-corrected chi connectivity index (χ4v) is 3.67.